The summed E-state index contributed by atoms with van der Waals surface area (Å²) in [5.74, 6) is -1.37. The summed E-state index contributed by atoms with van der Waals surface area (Å²) in [6.07, 6.45) is 1.87. The van der Waals surface area contributed by atoms with Crippen LogP contribution in [0.3, 0.4) is 0 Å². The van der Waals surface area contributed by atoms with Crippen LogP contribution >= 0.6 is 0 Å². The Labute approximate surface area is 118 Å². The van der Waals surface area contributed by atoms with E-state index in [9.17, 15) is 18.0 Å². The minimum Gasteiger partial charge on any atom is -0.368 e. The van der Waals surface area contributed by atoms with Gasteiger partial charge in [-0.2, -0.15) is 0 Å². The molecule has 0 aromatic heterocycles. The average molecular weight is 303 g/mol. The van der Waals surface area contributed by atoms with Crippen molar-refractivity contribution < 1.29 is 18.0 Å². The third kappa shape index (κ3) is 3.69. The number of nitrogens with one attached hydrogen (secondary N) is 1. The number of rotatable bonds is 4. The lowest BCUT2D eigenvalue weighted by atomic mass is 10.0. The first kappa shape index (κ1) is 15.2. The summed E-state index contributed by atoms with van der Waals surface area (Å²) in [5, 5.41) is 3.19. The van der Waals surface area contributed by atoms with Crippen LogP contribution in [0.25, 0.3) is 0 Å². The largest absolute Gasteiger partial charge is 0.368 e. The summed E-state index contributed by atoms with van der Waals surface area (Å²) < 4.78 is 23.0. The van der Waals surface area contributed by atoms with Crippen LogP contribution in [-0.2, 0) is 19.4 Å². The van der Waals surface area contributed by atoms with Crippen LogP contribution in [0, 0.1) is 5.92 Å². The summed E-state index contributed by atoms with van der Waals surface area (Å²) in [7, 11) is -3.11. The molecule has 2 aliphatic heterocycles. The Morgan fingerprint density at radius 2 is 1.85 bits per heavy atom. The summed E-state index contributed by atoms with van der Waals surface area (Å²) in [4.78, 5) is 25.2. The highest BCUT2D eigenvalue weighted by Gasteiger charge is 2.38. The summed E-state index contributed by atoms with van der Waals surface area (Å²) in [6.45, 7) is 1.45. The van der Waals surface area contributed by atoms with Crippen molar-refractivity contribution in [3.63, 3.8) is 0 Å². The van der Waals surface area contributed by atoms with E-state index in [2.05, 4.69) is 5.32 Å². The quantitative estimate of drug-likeness (QED) is 0.656. The van der Waals surface area contributed by atoms with Gasteiger partial charge in [-0.1, -0.05) is 0 Å². The van der Waals surface area contributed by atoms with Gasteiger partial charge in [0.05, 0.1) is 24.0 Å². The minimum absolute atomic E-state index is 0.0282. The molecular weight excluding hydrogens is 282 g/mol. The molecule has 1 atom stereocenters. The van der Waals surface area contributed by atoms with Crippen LogP contribution < -0.4 is 11.1 Å². The third-order valence-corrected chi connectivity index (χ3v) is 5.71. The third-order valence-electron chi connectivity index (χ3n) is 3.94. The molecule has 2 rings (SSSR count). The minimum atomic E-state index is -3.11. The molecule has 0 spiro atoms. The lowest BCUT2D eigenvalue weighted by Gasteiger charge is -2.35. The second kappa shape index (κ2) is 6.09. The van der Waals surface area contributed by atoms with Crippen molar-refractivity contribution in [1.29, 1.82) is 0 Å². The van der Waals surface area contributed by atoms with Gasteiger partial charge in [-0.05, 0) is 32.4 Å². The number of amides is 2. The van der Waals surface area contributed by atoms with Crippen LogP contribution in [0.15, 0.2) is 0 Å². The van der Waals surface area contributed by atoms with E-state index in [1.165, 1.54) is 4.90 Å². The Balaban J connectivity index is 2.09. The number of sulfone groups is 1. The zero-order chi connectivity index (χ0) is 14.8. The van der Waals surface area contributed by atoms with E-state index in [0.717, 1.165) is 25.9 Å². The summed E-state index contributed by atoms with van der Waals surface area (Å²) in [6, 6.07) is -0.0282. The molecule has 3 N–H and O–H groups in total. The highest BCUT2D eigenvalue weighted by molar-refractivity contribution is 7.91. The molecule has 2 heterocycles. The fourth-order valence-electron chi connectivity index (χ4n) is 2.90. The standard InChI is InChI=1S/C12H21N3O4S/c13-11(16)7-15(10-1-4-14-5-2-10)12(17)9-3-6-20(18,19)8-9/h9-10,14H,1-8H2,(H2,13,16). The van der Waals surface area contributed by atoms with Crippen molar-refractivity contribution in [3.8, 4) is 0 Å². The van der Waals surface area contributed by atoms with Crippen LogP contribution in [0.5, 0.6) is 0 Å². The van der Waals surface area contributed by atoms with Crippen molar-refractivity contribution in [2.24, 2.45) is 11.7 Å². The number of hydrogen-bond acceptors (Lipinski definition) is 5. The molecule has 0 aromatic rings. The van der Waals surface area contributed by atoms with Crippen LogP contribution in [0.1, 0.15) is 19.3 Å². The molecule has 8 heteroatoms. The van der Waals surface area contributed by atoms with Crippen molar-refractivity contribution in [3.05, 3.63) is 0 Å². The van der Waals surface area contributed by atoms with Gasteiger partial charge in [0.25, 0.3) is 0 Å². The molecule has 0 radical (unpaired) electrons. The maximum Gasteiger partial charge on any atom is 0.237 e. The number of nitrogens with zero attached hydrogens (tertiary/aromatic N) is 1. The van der Waals surface area contributed by atoms with Gasteiger partial charge in [-0.15, -0.1) is 0 Å². The summed E-state index contributed by atoms with van der Waals surface area (Å²) in [5.41, 5.74) is 5.22. The number of carbonyl (C=O) groups is 2. The van der Waals surface area contributed by atoms with Crippen molar-refractivity contribution in [1.82, 2.24) is 10.2 Å². The lowest BCUT2D eigenvalue weighted by Crippen LogP contribution is -2.51. The van der Waals surface area contributed by atoms with Gasteiger partial charge in [0, 0.05) is 6.04 Å². The molecule has 2 aliphatic rings. The Morgan fingerprint density at radius 3 is 2.35 bits per heavy atom. The van der Waals surface area contributed by atoms with Gasteiger partial charge < -0.3 is 16.0 Å². The molecule has 0 saturated carbocycles. The number of piperidine rings is 1. The Hall–Kier alpha value is -1.15. The first-order valence-corrected chi connectivity index (χ1v) is 8.71. The fraction of sp³-hybridized carbons (Fsp3) is 0.833. The van der Waals surface area contributed by atoms with E-state index in [-0.39, 0.29) is 30.0 Å². The van der Waals surface area contributed by atoms with Gasteiger partial charge in [-0.3, -0.25) is 9.59 Å². The number of carbonyl (C=O) groups excluding carboxylic acids is 2. The number of nitrogens with two attached hydrogens (primary N) is 1. The molecular formula is C12H21N3O4S. The predicted molar refractivity (Wildman–Crippen MR) is 73.6 cm³/mol. The maximum atomic E-state index is 12.5. The SMILES string of the molecule is NC(=O)CN(C(=O)C1CCS(=O)(=O)C1)C1CCNCC1. The molecule has 0 bridgehead atoms. The topological polar surface area (TPSA) is 110 Å². The van der Waals surface area contributed by atoms with Gasteiger partial charge >= 0.3 is 0 Å². The zero-order valence-corrected chi connectivity index (χ0v) is 12.2. The molecule has 0 aliphatic carbocycles. The van der Waals surface area contributed by atoms with Crippen LogP contribution in [0.2, 0.25) is 0 Å². The molecule has 20 heavy (non-hydrogen) atoms. The molecule has 2 amide bonds. The van der Waals surface area contributed by atoms with Crippen molar-refractivity contribution >= 4 is 21.7 Å². The average Bonchev–Trinajstić information content (AvgIpc) is 2.76. The molecule has 7 nitrogen and oxygen atoms in total. The lowest BCUT2D eigenvalue weighted by molar-refractivity contribution is -0.141. The molecule has 2 saturated heterocycles. The molecule has 0 aromatic carbocycles. The predicted octanol–water partition coefficient (Wildman–Crippen LogP) is -1.51. The van der Waals surface area contributed by atoms with Gasteiger partial charge in [0.1, 0.15) is 0 Å². The van der Waals surface area contributed by atoms with E-state index in [1.807, 2.05) is 0 Å². The van der Waals surface area contributed by atoms with Crippen LogP contribution in [-0.4, -0.2) is 62.3 Å². The van der Waals surface area contributed by atoms with Gasteiger partial charge in [0.15, 0.2) is 9.84 Å². The molecule has 114 valence electrons. The van der Waals surface area contributed by atoms with E-state index >= 15 is 0 Å². The Bertz CT molecular complexity index is 485. The van der Waals surface area contributed by atoms with E-state index in [4.69, 9.17) is 5.73 Å². The summed E-state index contributed by atoms with van der Waals surface area (Å²) >= 11 is 0. The maximum absolute atomic E-state index is 12.5. The van der Waals surface area contributed by atoms with E-state index in [0.29, 0.717) is 6.42 Å². The van der Waals surface area contributed by atoms with Gasteiger partial charge in [-0.25, -0.2) is 8.42 Å². The van der Waals surface area contributed by atoms with Crippen molar-refractivity contribution in [2.75, 3.05) is 31.1 Å². The smallest absolute Gasteiger partial charge is 0.237 e. The fourth-order valence-corrected chi connectivity index (χ4v) is 4.63. The number of hydrogen-bond donors (Lipinski definition) is 2. The second-order valence-electron chi connectivity index (χ2n) is 5.51. The van der Waals surface area contributed by atoms with E-state index in [1.54, 1.807) is 0 Å². The van der Waals surface area contributed by atoms with Gasteiger partial charge in [0.2, 0.25) is 11.8 Å². The first-order chi connectivity index (χ1) is 9.39. The highest BCUT2D eigenvalue weighted by Crippen LogP contribution is 2.23. The van der Waals surface area contributed by atoms with Crippen molar-refractivity contribution in [2.45, 2.75) is 25.3 Å². The monoisotopic (exact) mass is 303 g/mol. The Morgan fingerprint density at radius 1 is 1.20 bits per heavy atom. The van der Waals surface area contributed by atoms with Crippen LogP contribution in [0.4, 0.5) is 0 Å². The first-order valence-electron chi connectivity index (χ1n) is 6.89. The number of primary amides is 1. The molecule has 2 fully saturated rings. The van der Waals surface area contributed by atoms with E-state index < -0.39 is 21.7 Å². The zero-order valence-electron chi connectivity index (χ0n) is 11.4. The Kier molecular flexibility index (Phi) is 4.64. The second-order valence-corrected chi connectivity index (χ2v) is 7.74. The normalized spacial score (nSPS) is 26.3. The highest BCUT2D eigenvalue weighted by atomic mass is 32.2. The molecule has 1 unspecified atom stereocenters.